The summed E-state index contributed by atoms with van der Waals surface area (Å²) < 4.78 is 4.79. The van der Waals surface area contributed by atoms with Gasteiger partial charge in [0.25, 0.3) is 0 Å². The van der Waals surface area contributed by atoms with Gasteiger partial charge in [0.05, 0.1) is 6.61 Å². The zero-order valence-corrected chi connectivity index (χ0v) is 12.8. The van der Waals surface area contributed by atoms with Crippen LogP contribution >= 0.6 is 0 Å². The Morgan fingerprint density at radius 3 is 2.14 bits per heavy atom. The average molecular weight is 293 g/mol. The maximum absolute atomic E-state index is 11.5. The lowest BCUT2D eigenvalue weighted by atomic mass is 10.1. The highest BCUT2D eigenvalue weighted by Gasteiger charge is 2.11. The Morgan fingerprint density at radius 2 is 1.62 bits per heavy atom. The van der Waals surface area contributed by atoms with E-state index in [1.165, 1.54) is 7.11 Å². The molecule has 2 N–H and O–H groups in total. The number of benzene rings is 1. The van der Waals surface area contributed by atoms with Crippen molar-refractivity contribution in [3.8, 4) is 0 Å². The topological polar surface area (TPSA) is 70.7 Å². The summed E-state index contributed by atoms with van der Waals surface area (Å²) in [7, 11) is 5.50. The molecule has 0 aliphatic carbocycles. The van der Waals surface area contributed by atoms with Gasteiger partial charge in [-0.2, -0.15) is 0 Å². The summed E-state index contributed by atoms with van der Waals surface area (Å²) in [6.07, 6.45) is 0.685. The van der Waals surface area contributed by atoms with Gasteiger partial charge in [-0.15, -0.1) is 0 Å². The zero-order chi connectivity index (χ0) is 15.7. The monoisotopic (exact) mass is 293 g/mol. The number of carbonyl (C=O) groups is 2. The molecule has 0 saturated heterocycles. The maximum Gasteiger partial charge on any atom is 0.309 e. The summed E-state index contributed by atoms with van der Waals surface area (Å²) >= 11 is 0. The fourth-order valence-electron chi connectivity index (χ4n) is 1.71. The molecule has 0 aromatic heterocycles. The molecule has 6 heteroatoms. The Kier molecular flexibility index (Phi) is 7.25. The fraction of sp³-hybridized carbons (Fsp3) is 0.467. The molecule has 21 heavy (non-hydrogen) atoms. The lowest BCUT2D eigenvalue weighted by Crippen LogP contribution is -2.41. The number of methoxy groups -OCH3 is 1. The minimum absolute atomic E-state index is 0.328. The molecule has 1 rings (SSSR count). The molecule has 2 amide bonds. The average Bonchev–Trinajstić information content (AvgIpc) is 2.47. The first-order valence-electron chi connectivity index (χ1n) is 6.86. The second-order valence-electron chi connectivity index (χ2n) is 4.82. The van der Waals surface area contributed by atoms with Crippen molar-refractivity contribution in [3.63, 3.8) is 0 Å². The third-order valence-corrected chi connectivity index (χ3v) is 2.95. The predicted molar refractivity (Wildman–Crippen MR) is 82.4 cm³/mol. The van der Waals surface area contributed by atoms with Crippen molar-refractivity contribution in [3.05, 3.63) is 29.8 Å². The van der Waals surface area contributed by atoms with Gasteiger partial charge in [-0.05, 0) is 24.1 Å². The number of amides is 2. The van der Waals surface area contributed by atoms with Gasteiger partial charge in [0, 0.05) is 40.0 Å². The smallest absolute Gasteiger partial charge is 0.309 e. The lowest BCUT2D eigenvalue weighted by Gasteiger charge is -2.12. The van der Waals surface area contributed by atoms with Gasteiger partial charge in [0.15, 0.2) is 0 Å². The number of ether oxygens (including phenoxy) is 1. The molecule has 0 atom stereocenters. The molecule has 0 heterocycles. The summed E-state index contributed by atoms with van der Waals surface area (Å²) in [4.78, 5) is 24.9. The van der Waals surface area contributed by atoms with E-state index in [0.29, 0.717) is 26.1 Å². The lowest BCUT2D eigenvalue weighted by molar-refractivity contribution is -0.139. The quantitative estimate of drug-likeness (QED) is 0.555. The highest BCUT2D eigenvalue weighted by Crippen LogP contribution is 2.12. The molecule has 0 unspecified atom stereocenters. The molecule has 0 fully saturated rings. The summed E-state index contributed by atoms with van der Waals surface area (Å²) in [6.45, 7) is 1.14. The second kappa shape index (κ2) is 8.97. The first-order valence-corrected chi connectivity index (χ1v) is 6.86. The van der Waals surface area contributed by atoms with Crippen molar-refractivity contribution < 1.29 is 14.3 Å². The van der Waals surface area contributed by atoms with E-state index in [2.05, 4.69) is 10.6 Å². The molecule has 0 spiro atoms. The van der Waals surface area contributed by atoms with E-state index in [0.717, 1.165) is 11.3 Å². The Balaban J connectivity index is 2.29. The highest BCUT2D eigenvalue weighted by atomic mass is 16.5. The van der Waals surface area contributed by atoms with Gasteiger partial charge >= 0.3 is 11.8 Å². The van der Waals surface area contributed by atoms with Crippen LogP contribution in [0, 0.1) is 0 Å². The van der Waals surface area contributed by atoms with Crippen LogP contribution < -0.4 is 15.5 Å². The fourth-order valence-corrected chi connectivity index (χ4v) is 1.71. The molecule has 0 radical (unpaired) electrons. The number of carbonyl (C=O) groups excluding carboxylic acids is 2. The summed E-state index contributed by atoms with van der Waals surface area (Å²) in [6, 6.07) is 8.07. The van der Waals surface area contributed by atoms with Gasteiger partial charge in [0.1, 0.15) is 0 Å². The Bertz CT molecular complexity index is 458. The Morgan fingerprint density at radius 1 is 1.05 bits per heavy atom. The van der Waals surface area contributed by atoms with Crippen LogP contribution in [0.2, 0.25) is 0 Å². The molecule has 0 aliphatic heterocycles. The van der Waals surface area contributed by atoms with Crippen molar-refractivity contribution in [2.45, 2.75) is 6.42 Å². The van der Waals surface area contributed by atoms with Crippen LogP contribution in [-0.2, 0) is 20.7 Å². The molecule has 1 aromatic carbocycles. The van der Waals surface area contributed by atoms with Crippen molar-refractivity contribution >= 4 is 17.5 Å². The van der Waals surface area contributed by atoms with E-state index in [-0.39, 0.29) is 0 Å². The van der Waals surface area contributed by atoms with E-state index >= 15 is 0 Å². The third kappa shape index (κ3) is 6.27. The molecule has 1 aromatic rings. The number of rotatable bonds is 7. The minimum atomic E-state index is -0.630. The number of hydrogen-bond donors (Lipinski definition) is 2. The zero-order valence-electron chi connectivity index (χ0n) is 12.8. The first kappa shape index (κ1) is 17.0. The Hall–Kier alpha value is -2.08. The summed E-state index contributed by atoms with van der Waals surface area (Å²) in [5, 5.41) is 5.06. The van der Waals surface area contributed by atoms with Crippen molar-refractivity contribution in [1.29, 1.82) is 0 Å². The molecule has 6 nitrogen and oxygen atoms in total. The molecule has 0 saturated carbocycles. The van der Waals surface area contributed by atoms with Crippen molar-refractivity contribution in [2.75, 3.05) is 45.8 Å². The summed E-state index contributed by atoms with van der Waals surface area (Å²) in [5.41, 5.74) is 2.24. The van der Waals surface area contributed by atoms with E-state index < -0.39 is 11.8 Å². The molecular formula is C15H23N3O3. The van der Waals surface area contributed by atoms with Crippen LogP contribution in [0.5, 0.6) is 0 Å². The first-order chi connectivity index (χ1) is 10.0. The van der Waals surface area contributed by atoms with E-state index in [9.17, 15) is 9.59 Å². The number of anilines is 1. The number of nitrogens with one attached hydrogen (secondary N) is 2. The van der Waals surface area contributed by atoms with Gasteiger partial charge < -0.3 is 20.3 Å². The minimum Gasteiger partial charge on any atom is -0.383 e. The van der Waals surface area contributed by atoms with Gasteiger partial charge in [-0.25, -0.2) is 0 Å². The number of hydrogen-bond acceptors (Lipinski definition) is 4. The van der Waals surface area contributed by atoms with Crippen LogP contribution in [0.1, 0.15) is 5.56 Å². The van der Waals surface area contributed by atoms with Crippen LogP contribution in [0.3, 0.4) is 0 Å². The van der Waals surface area contributed by atoms with Gasteiger partial charge in [0.2, 0.25) is 0 Å². The summed E-state index contributed by atoms with van der Waals surface area (Å²) in [5.74, 6) is -1.24. The van der Waals surface area contributed by atoms with Crippen LogP contribution in [-0.4, -0.2) is 52.7 Å². The van der Waals surface area contributed by atoms with Gasteiger partial charge in [-0.3, -0.25) is 9.59 Å². The van der Waals surface area contributed by atoms with Crippen LogP contribution in [0.25, 0.3) is 0 Å². The van der Waals surface area contributed by atoms with E-state index in [1.54, 1.807) is 0 Å². The SMILES string of the molecule is COCCNC(=O)C(=O)NCCc1ccc(N(C)C)cc1. The highest BCUT2D eigenvalue weighted by molar-refractivity contribution is 6.35. The van der Waals surface area contributed by atoms with Crippen molar-refractivity contribution in [1.82, 2.24) is 10.6 Å². The van der Waals surface area contributed by atoms with E-state index in [1.807, 2.05) is 43.3 Å². The number of nitrogens with zero attached hydrogens (tertiary/aromatic N) is 1. The third-order valence-electron chi connectivity index (χ3n) is 2.95. The molecule has 116 valence electrons. The maximum atomic E-state index is 11.5. The van der Waals surface area contributed by atoms with Crippen LogP contribution in [0.15, 0.2) is 24.3 Å². The van der Waals surface area contributed by atoms with Crippen molar-refractivity contribution in [2.24, 2.45) is 0 Å². The largest absolute Gasteiger partial charge is 0.383 e. The standard InChI is InChI=1S/C15H23N3O3/c1-18(2)13-6-4-12(5-7-13)8-9-16-14(19)15(20)17-10-11-21-3/h4-7H,8-11H2,1-3H3,(H,16,19)(H,17,20). The van der Waals surface area contributed by atoms with Gasteiger partial charge in [-0.1, -0.05) is 12.1 Å². The normalized spacial score (nSPS) is 10.0. The molecule has 0 aliphatic rings. The van der Waals surface area contributed by atoms with Crippen LogP contribution in [0.4, 0.5) is 5.69 Å². The van der Waals surface area contributed by atoms with E-state index in [4.69, 9.17) is 4.74 Å². The Labute approximate surface area is 125 Å². The predicted octanol–water partition coefficient (Wildman–Crippen LogP) is 0.174. The molecular weight excluding hydrogens is 270 g/mol. The second-order valence-corrected chi connectivity index (χ2v) is 4.82. The molecule has 0 bridgehead atoms.